The molecule has 2 N–H and O–H groups in total. The minimum absolute atomic E-state index is 0. The predicted octanol–water partition coefficient (Wildman–Crippen LogP) is 3.17. The quantitative estimate of drug-likeness (QED) is 0.914. The molecule has 0 aliphatic carbocycles. The first-order valence-corrected chi connectivity index (χ1v) is 8.42. The molecule has 0 aromatic heterocycles. The van der Waals surface area contributed by atoms with E-state index >= 15 is 0 Å². The number of hydrogen-bond donors (Lipinski definition) is 1. The summed E-state index contributed by atoms with van der Waals surface area (Å²) >= 11 is 0. The van der Waals surface area contributed by atoms with Gasteiger partial charge in [0.1, 0.15) is 0 Å². The van der Waals surface area contributed by atoms with Crippen molar-refractivity contribution >= 4 is 12.4 Å². The molecule has 1 fully saturated rings. The molecule has 3 atom stereocenters. The number of piperidine rings is 1. The molecule has 2 aliphatic heterocycles. The Balaban J connectivity index is 0.00000192. The highest BCUT2D eigenvalue weighted by Crippen LogP contribution is 2.42. The van der Waals surface area contributed by atoms with Crippen LogP contribution in [-0.2, 0) is 6.42 Å². The first kappa shape index (κ1) is 18.4. The third kappa shape index (κ3) is 3.44. The minimum Gasteiger partial charge on any atom is -0.493 e. The van der Waals surface area contributed by atoms with Crippen molar-refractivity contribution in [1.82, 2.24) is 4.90 Å². The van der Waals surface area contributed by atoms with Gasteiger partial charge in [-0.2, -0.15) is 0 Å². The lowest BCUT2D eigenvalue weighted by Gasteiger charge is -2.46. The van der Waals surface area contributed by atoms with E-state index in [9.17, 15) is 0 Å². The number of benzene rings is 1. The van der Waals surface area contributed by atoms with Crippen LogP contribution in [0.1, 0.15) is 43.4 Å². The smallest absolute Gasteiger partial charge is 0.161 e. The lowest BCUT2D eigenvalue weighted by Crippen LogP contribution is -2.50. The molecule has 1 aromatic carbocycles. The number of rotatable bonds is 4. The van der Waals surface area contributed by atoms with Gasteiger partial charge in [-0.25, -0.2) is 0 Å². The Hall–Kier alpha value is -0.970. The van der Waals surface area contributed by atoms with Gasteiger partial charge < -0.3 is 15.2 Å². The highest BCUT2D eigenvalue weighted by atomic mass is 35.5. The van der Waals surface area contributed by atoms with Gasteiger partial charge >= 0.3 is 0 Å². The van der Waals surface area contributed by atoms with E-state index < -0.39 is 0 Å². The Labute approximate surface area is 145 Å². The first-order chi connectivity index (χ1) is 10.7. The maximum absolute atomic E-state index is 6.47. The molecule has 23 heavy (non-hydrogen) atoms. The third-order valence-electron chi connectivity index (χ3n) is 5.34. The summed E-state index contributed by atoms with van der Waals surface area (Å²) in [5.74, 6) is 2.30. The fraction of sp³-hybridized carbons (Fsp3) is 0.667. The van der Waals surface area contributed by atoms with Crippen LogP contribution in [0.4, 0.5) is 0 Å². The van der Waals surface area contributed by atoms with Gasteiger partial charge in [-0.05, 0) is 48.4 Å². The van der Waals surface area contributed by atoms with Crippen LogP contribution in [-0.4, -0.2) is 38.3 Å². The Morgan fingerprint density at radius 2 is 1.91 bits per heavy atom. The number of methoxy groups -OCH3 is 2. The van der Waals surface area contributed by atoms with Gasteiger partial charge in [-0.3, -0.25) is 4.90 Å². The van der Waals surface area contributed by atoms with E-state index in [0.717, 1.165) is 37.4 Å². The molecular formula is C18H29ClN2O2. The Bertz CT molecular complexity index is 538. The van der Waals surface area contributed by atoms with Crippen molar-refractivity contribution < 1.29 is 9.47 Å². The summed E-state index contributed by atoms with van der Waals surface area (Å²) < 4.78 is 10.9. The van der Waals surface area contributed by atoms with Crippen LogP contribution in [0.3, 0.4) is 0 Å². The summed E-state index contributed by atoms with van der Waals surface area (Å²) in [6.07, 6.45) is 4.59. The van der Waals surface area contributed by atoms with Crippen LogP contribution in [0.5, 0.6) is 11.5 Å². The molecule has 1 aromatic rings. The molecule has 0 saturated carbocycles. The van der Waals surface area contributed by atoms with Gasteiger partial charge in [0.15, 0.2) is 11.5 Å². The van der Waals surface area contributed by atoms with Gasteiger partial charge in [-0.15, -0.1) is 12.4 Å². The Kier molecular flexibility index (Phi) is 6.18. The van der Waals surface area contributed by atoms with Crippen molar-refractivity contribution in [3.63, 3.8) is 0 Å². The van der Waals surface area contributed by atoms with E-state index in [4.69, 9.17) is 15.2 Å². The zero-order chi connectivity index (χ0) is 15.7. The highest BCUT2D eigenvalue weighted by molar-refractivity contribution is 5.85. The van der Waals surface area contributed by atoms with Crippen LogP contribution in [0.25, 0.3) is 0 Å². The molecule has 0 unspecified atom stereocenters. The summed E-state index contributed by atoms with van der Waals surface area (Å²) in [5, 5.41) is 0. The second kappa shape index (κ2) is 7.73. The van der Waals surface area contributed by atoms with E-state index in [2.05, 4.69) is 24.0 Å². The average molecular weight is 341 g/mol. The Morgan fingerprint density at radius 3 is 2.57 bits per heavy atom. The van der Waals surface area contributed by atoms with E-state index in [-0.39, 0.29) is 12.4 Å². The van der Waals surface area contributed by atoms with Gasteiger partial charge in [-0.1, -0.05) is 13.3 Å². The van der Waals surface area contributed by atoms with Crippen molar-refractivity contribution in [1.29, 1.82) is 0 Å². The largest absolute Gasteiger partial charge is 0.493 e. The van der Waals surface area contributed by atoms with Crippen molar-refractivity contribution in [2.24, 2.45) is 11.7 Å². The molecule has 5 heteroatoms. The fourth-order valence-electron chi connectivity index (χ4n) is 4.14. The van der Waals surface area contributed by atoms with E-state index in [0.29, 0.717) is 18.0 Å². The van der Waals surface area contributed by atoms with E-state index in [1.165, 1.54) is 24.0 Å². The first-order valence-electron chi connectivity index (χ1n) is 8.42. The standard InChI is InChI=1S/C18H28N2O2.ClH/c1-4-5-13-11-20-7-6-12-8-17(21-2)18(22-3)9-14(12)16(20)10-15(13)19;/h8-9,13,15-16H,4-7,10-11,19H2,1-3H3;1H/t13-,15+,16-;/m1./s1. The lowest BCUT2D eigenvalue weighted by atomic mass is 9.79. The SMILES string of the molecule is CCC[C@@H]1CN2CCc3cc(OC)c(OC)cc3[C@H]2C[C@@H]1N.Cl. The van der Waals surface area contributed by atoms with Gasteiger partial charge in [0, 0.05) is 25.2 Å². The van der Waals surface area contributed by atoms with Crippen LogP contribution < -0.4 is 15.2 Å². The molecule has 130 valence electrons. The molecule has 2 aliphatic rings. The van der Waals surface area contributed by atoms with Crippen LogP contribution in [0, 0.1) is 5.92 Å². The van der Waals surface area contributed by atoms with Gasteiger partial charge in [0.2, 0.25) is 0 Å². The zero-order valence-corrected chi connectivity index (χ0v) is 15.2. The van der Waals surface area contributed by atoms with Crippen molar-refractivity contribution in [2.45, 2.75) is 44.7 Å². The Morgan fingerprint density at radius 1 is 1.22 bits per heavy atom. The summed E-state index contributed by atoms with van der Waals surface area (Å²) in [6, 6.07) is 5.06. The topological polar surface area (TPSA) is 47.7 Å². The molecule has 0 spiro atoms. The van der Waals surface area contributed by atoms with Crippen LogP contribution >= 0.6 is 12.4 Å². The number of nitrogens with zero attached hydrogens (tertiary/aromatic N) is 1. The van der Waals surface area contributed by atoms with Gasteiger partial charge in [0.05, 0.1) is 14.2 Å². The molecule has 1 saturated heterocycles. The van der Waals surface area contributed by atoms with Gasteiger partial charge in [0.25, 0.3) is 0 Å². The monoisotopic (exact) mass is 340 g/mol. The summed E-state index contributed by atoms with van der Waals surface area (Å²) in [4.78, 5) is 2.62. The molecule has 2 heterocycles. The molecule has 0 bridgehead atoms. The van der Waals surface area contributed by atoms with E-state index in [1.807, 2.05) is 0 Å². The summed E-state index contributed by atoms with van der Waals surface area (Å²) in [7, 11) is 3.40. The fourth-order valence-corrected chi connectivity index (χ4v) is 4.14. The van der Waals surface area contributed by atoms with Crippen LogP contribution in [0.2, 0.25) is 0 Å². The zero-order valence-electron chi connectivity index (χ0n) is 14.4. The third-order valence-corrected chi connectivity index (χ3v) is 5.34. The number of ether oxygens (including phenoxy) is 2. The normalized spacial score (nSPS) is 26.7. The van der Waals surface area contributed by atoms with Crippen molar-refractivity contribution in [3.8, 4) is 11.5 Å². The molecule has 3 rings (SSSR count). The highest BCUT2D eigenvalue weighted by Gasteiger charge is 2.37. The summed E-state index contributed by atoms with van der Waals surface area (Å²) in [5.41, 5.74) is 9.25. The minimum atomic E-state index is 0. The predicted molar refractivity (Wildman–Crippen MR) is 95.8 cm³/mol. The van der Waals surface area contributed by atoms with Crippen molar-refractivity contribution in [2.75, 3.05) is 27.3 Å². The molecule has 0 amide bonds. The second-order valence-corrected chi connectivity index (χ2v) is 6.62. The van der Waals surface area contributed by atoms with Crippen molar-refractivity contribution in [3.05, 3.63) is 23.3 Å². The summed E-state index contributed by atoms with van der Waals surface area (Å²) in [6.45, 7) is 4.51. The average Bonchev–Trinajstić information content (AvgIpc) is 2.54. The number of halogens is 1. The molecular weight excluding hydrogens is 312 g/mol. The lowest BCUT2D eigenvalue weighted by molar-refractivity contribution is 0.0789. The second-order valence-electron chi connectivity index (χ2n) is 6.62. The maximum atomic E-state index is 6.47. The van der Waals surface area contributed by atoms with Crippen LogP contribution in [0.15, 0.2) is 12.1 Å². The van der Waals surface area contributed by atoms with E-state index in [1.54, 1.807) is 14.2 Å². The maximum Gasteiger partial charge on any atom is 0.161 e. The molecule has 4 nitrogen and oxygen atoms in total. The number of hydrogen-bond acceptors (Lipinski definition) is 4. The number of nitrogens with two attached hydrogens (primary N) is 1. The molecule has 0 radical (unpaired) electrons. The number of fused-ring (bicyclic) bond motifs is 3.